The highest BCUT2D eigenvalue weighted by Crippen LogP contribution is 2.28. The van der Waals surface area contributed by atoms with Crippen molar-refractivity contribution < 1.29 is 14.0 Å². The van der Waals surface area contributed by atoms with E-state index in [-0.39, 0.29) is 23.7 Å². The zero-order valence-corrected chi connectivity index (χ0v) is 21.1. The lowest BCUT2D eigenvalue weighted by atomic mass is 9.82. The van der Waals surface area contributed by atoms with Crippen molar-refractivity contribution in [2.75, 3.05) is 26.2 Å². The molecule has 2 fully saturated rings. The van der Waals surface area contributed by atoms with Crippen LogP contribution in [0.3, 0.4) is 0 Å². The molecule has 3 rings (SSSR count). The number of nitrogens with two attached hydrogens (primary N) is 1. The molecule has 1 aromatic rings. The molecule has 1 aliphatic heterocycles. The zero-order valence-electron chi connectivity index (χ0n) is 21.1. The first kappa shape index (κ1) is 26.6. The van der Waals surface area contributed by atoms with E-state index in [1.807, 2.05) is 12.1 Å². The Balaban J connectivity index is 1.65. The molecule has 1 aromatic carbocycles. The van der Waals surface area contributed by atoms with Crippen LogP contribution in [0.2, 0.25) is 0 Å². The van der Waals surface area contributed by atoms with E-state index in [4.69, 9.17) is 5.73 Å². The number of benzene rings is 1. The second-order valence-electron chi connectivity index (χ2n) is 10.7. The highest BCUT2D eigenvalue weighted by Gasteiger charge is 2.37. The van der Waals surface area contributed by atoms with E-state index in [2.05, 4.69) is 24.1 Å². The maximum absolute atomic E-state index is 13.4. The van der Waals surface area contributed by atoms with E-state index in [9.17, 15) is 14.0 Å². The largest absolute Gasteiger partial charge is 0.354 e. The zero-order chi connectivity index (χ0) is 24.7. The fourth-order valence-electron chi connectivity index (χ4n) is 5.57. The van der Waals surface area contributed by atoms with Gasteiger partial charge >= 0.3 is 0 Å². The number of carbonyl (C=O) groups excluding carboxylic acids is 2. The lowest BCUT2D eigenvalue weighted by molar-refractivity contribution is -0.142. The van der Waals surface area contributed by atoms with Crippen molar-refractivity contribution in [2.24, 2.45) is 23.5 Å². The molecule has 1 aliphatic carbocycles. The number of halogens is 1. The monoisotopic (exact) mass is 474 g/mol. The van der Waals surface area contributed by atoms with Gasteiger partial charge < -0.3 is 16.0 Å². The van der Waals surface area contributed by atoms with E-state index in [0.29, 0.717) is 43.8 Å². The summed E-state index contributed by atoms with van der Waals surface area (Å²) in [6.07, 6.45) is 5.93. The van der Waals surface area contributed by atoms with Gasteiger partial charge in [-0.3, -0.25) is 14.5 Å². The lowest BCUT2D eigenvalue weighted by Gasteiger charge is -2.43. The number of nitrogens with one attached hydrogen (secondary N) is 1. The summed E-state index contributed by atoms with van der Waals surface area (Å²) in [7, 11) is 0. The number of nitrogens with zero attached hydrogens (tertiary/aromatic N) is 2. The van der Waals surface area contributed by atoms with Gasteiger partial charge in [0.2, 0.25) is 11.8 Å². The van der Waals surface area contributed by atoms with Crippen molar-refractivity contribution in [3.63, 3.8) is 0 Å². The quantitative estimate of drug-likeness (QED) is 0.574. The van der Waals surface area contributed by atoms with E-state index in [0.717, 1.165) is 50.8 Å². The van der Waals surface area contributed by atoms with Gasteiger partial charge in [0.05, 0.1) is 0 Å². The molecule has 0 radical (unpaired) electrons. The highest BCUT2D eigenvalue weighted by atomic mass is 19.1. The van der Waals surface area contributed by atoms with Crippen molar-refractivity contribution >= 4 is 11.8 Å². The predicted octanol–water partition coefficient (Wildman–Crippen LogP) is 3.54. The molecular formula is C27H43FN4O2. The molecule has 190 valence electrons. The smallest absolute Gasteiger partial charge is 0.242 e. The molecule has 7 heteroatoms. The molecule has 6 nitrogen and oxygen atoms in total. The van der Waals surface area contributed by atoms with E-state index in [1.54, 1.807) is 11.8 Å². The third-order valence-electron chi connectivity index (χ3n) is 7.56. The molecule has 34 heavy (non-hydrogen) atoms. The number of amides is 2. The van der Waals surface area contributed by atoms with Crippen LogP contribution in [0.25, 0.3) is 0 Å². The number of hydrogen-bond donors (Lipinski definition) is 2. The molecule has 0 spiro atoms. The number of rotatable bonds is 9. The van der Waals surface area contributed by atoms with Gasteiger partial charge in [0.15, 0.2) is 0 Å². The van der Waals surface area contributed by atoms with E-state index >= 15 is 0 Å². The number of hydrogen-bond acceptors (Lipinski definition) is 4. The molecule has 2 amide bonds. The average Bonchev–Trinajstić information content (AvgIpc) is 2.83. The van der Waals surface area contributed by atoms with Crippen LogP contribution >= 0.6 is 0 Å². The van der Waals surface area contributed by atoms with Crippen LogP contribution in [-0.4, -0.2) is 59.9 Å². The Morgan fingerprint density at radius 1 is 1.12 bits per heavy atom. The van der Waals surface area contributed by atoms with Crippen LogP contribution in [0.1, 0.15) is 64.9 Å². The highest BCUT2D eigenvalue weighted by molar-refractivity contribution is 5.87. The third-order valence-corrected chi connectivity index (χ3v) is 7.56. The Morgan fingerprint density at radius 3 is 2.35 bits per heavy atom. The summed E-state index contributed by atoms with van der Waals surface area (Å²) in [5.41, 5.74) is 6.87. The molecule has 0 bridgehead atoms. The molecule has 0 aromatic heterocycles. The minimum Gasteiger partial charge on any atom is -0.354 e. The van der Waals surface area contributed by atoms with Crippen LogP contribution in [0.4, 0.5) is 4.39 Å². The van der Waals surface area contributed by atoms with Crippen molar-refractivity contribution in [1.82, 2.24) is 15.1 Å². The SMILES string of the molecule is CC(=O)N1CCC(N(Cc2ccc(F)cc2)CC(C)C)C[C@@H]1C(=O)NCC1CCC(CN)CC1. The fourth-order valence-corrected chi connectivity index (χ4v) is 5.57. The normalized spacial score (nSPS) is 25.6. The van der Waals surface area contributed by atoms with Crippen molar-refractivity contribution in [3.05, 3.63) is 35.6 Å². The fraction of sp³-hybridized carbons (Fsp3) is 0.704. The van der Waals surface area contributed by atoms with Gasteiger partial charge in [-0.25, -0.2) is 4.39 Å². The van der Waals surface area contributed by atoms with E-state index < -0.39 is 6.04 Å². The maximum Gasteiger partial charge on any atom is 0.242 e. The van der Waals surface area contributed by atoms with Crippen molar-refractivity contribution in [3.8, 4) is 0 Å². The van der Waals surface area contributed by atoms with Gasteiger partial charge in [0.1, 0.15) is 11.9 Å². The molecular weight excluding hydrogens is 431 g/mol. The molecule has 2 atom stereocenters. The lowest BCUT2D eigenvalue weighted by Crippen LogP contribution is -2.57. The van der Waals surface area contributed by atoms with Gasteiger partial charge in [-0.15, -0.1) is 0 Å². The Morgan fingerprint density at radius 2 is 1.76 bits per heavy atom. The van der Waals surface area contributed by atoms with Crippen LogP contribution in [0.15, 0.2) is 24.3 Å². The summed E-state index contributed by atoms with van der Waals surface area (Å²) in [5.74, 6) is 1.26. The second-order valence-corrected chi connectivity index (χ2v) is 10.7. The maximum atomic E-state index is 13.4. The van der Waals surface area contributed by atoms with Crippen LogP contribution in [0, 0.1) is 23.6 Å². The minimum absolute atomic E-state index is 0.0351. The average molecular weight is 475 g/mol. The predicted molar refractivity (Wildman–Crippen MR) is 133 cm³/mol. The van der Waals surface area contributed by atoms with Crippen LogP contribution < -0.4 is 11.1 Å². The summed E-state index contributed by atoms with van der Waals surface area (Å²) in [6, 6.07) is 6.41. The Labute approximate surface area is 204 Å². The first-order valence-corrected chi connectivity index (χ1v) is 13.0. The summed E-state index contributed by atoms with van der Waals surface area (Å²) in [4.78, 5) is 29.8. The topological polar surface area (TPSA) is 78.7 Å². The minimum atomic E-state index is -0.445. The molecule has 1 saturated heterocycles. The van der Waals surface area contributed by atoms with Crippen molar-refractivity contribution in [1.29, 1.82) is 0 Å². The van der Waals surface area contributed by atoms with Gasteiger partial charge in [-0.05, 0) is 80.5 Å². The summed E-state index contributed by atoms with van der Waals surface area (Å²) < 4.78 is 13.4. The molecule has 1 saturated carbocycles. The van der Waals surface area contributed by atoms with Gasteiger partial charge in [0, 0.05) is 39.1 Å². The van der Waals surface area contributed by atoms with Gasteiger partial charge in [-0.1, -0.05) is 26.0 Å². The summed E-state index contributed by atoms with van der Waals surface area (Å²) in [6.45, 7) is 9.53. The van der Waals surface area contributed by atoms with Crippen LogP contribution in [-0.2, 0) is 16.1 Å². The van der Waals surface area contributed by atoms with Gasteiger partial charge in [-0.2, -0.15) is 0 Å². The van der Waals surface area contributed by atoms with Crippen LogP contribution in [0.5, 0.6) is 0 Å². The standard InChI is InChI=1S/C27H43FN4O2/c1-19(2)17-31(18-23-8-10-24(28)11-9-23)25-12-13-32(20(3)33)26(14-25)27(34)30-16-22-6-4-21(15-29)5-7-22/h8-11,19,21-22,25-26H,4-7,12-18,29H2,1-3H3,(H,30,34)/t21?,22?,25?,26-/m1/s1. The number of carbonyl (C=O) groups is 2. The van der Waals surface area contributed by atoms with Gasteiger partial charge in [0.25, 0.3) is 0 Å². The Kier molecular flexibility index (Phi) is 9.89. The summed E-state index contributed by atoms with van der Waals surface area (Å²) in [5, 5.41) is 3.17. The second kappa shape index (κ2) is 12.6. The van der Waals surface area contributed by atoms with E-state index in [1.165, 1.54) is 12.1 Å². The molecule has 3 N–H and O–H groups in total. The first-order valence-electron chi connectivity index (χ1n) is 13.0. The molecule has 1 heterocycles. The number of piperidine rings is 1. The molecule has 1 unspecified atom stereocenters. The summed E-state index contributed by atoms with van der Waals surface area (Å²) >= 11 is 0. The first-order chi connectivity index (χ1) is 16.3. The van der Waals surface area contributed by atoms with Crippen molar-refractivity contribution in [2.45, 2.75) is 77.9 Å². The third kappa shape index (κ3) is 7.51. The number of likely N-dealkylation sites (tertiary alicyclic amines) is 1. The Bertz CT molecular complexity index is 792. The molecule has 2 aliphatic rings. The Hall–Kier alpha value is -1.99.